The summed E-state index contributed by atoms with van der Waals surface area (Å²) in [6.45, 7) is 0.752. The first-order valence-corrected chi connectivity index (χ1v) is 4.96. The topological polar surface area (TPSA) is 108 Å². The number of hydrogen-bond donors (Lipinski definition) is 1. The van der Waals surface area contributed by atoms with E-state index in [0.717, 1.165) is 6.54 Å². The molecule has 1 aromatic heterocycles. The molecule has 6 nitrogen and oxygen atoms in total. The zero-order valence-corrected chi connectivity index (χ0v) is 12.8. The van der Waals surface area contributed by atoms with Crippen molar-refractivity contribution in [1.29, 1.82) is 0 Å². The summed E-state index contributed by atoms with van der Waals surface area (Å²) in [6, 6.07) is 0. The van der Waals surface area contributed by atoms with Crippen LogP contribution in [0.2, 0.25) is 0 Å². The molecule has 0 bridgehead atoms. The average Bonchev–Trinajstić information content (AvgIpc) is 2.54. The fraction of sp³-hybridized carbons (Fsp3) is 0.500. The fourth-order valence-corrected chi connectivity index (χ4v) is 1.71. The van der Waals surface area contributed by atoms with E-state index in [1.807, 2.05) is 0 Å². The molecule has 1 aromatic rings. The second kappa shape index (κ2) is 7.40. The molecule has 2 rings (SSSR count). The smallest absolute Gasteiger partial charge is 0.870 e. The predicted octanol–water partition coefficient (Wildman–Crippen LogP) is -2.93. The standard InChI is InChI=1S/C10H12N3O2.K.H2O/c11-10(15)9-8(6-14)5-13(12-9)4-7-2-1-3-7;;/h5,7H,1-4H2,(H2,11,15);;1H2/q-1;+1;/p-1. The number of primary amides is 1. The van der Waals surface area contributed by atoms with Gasteiger partial charge in [0.15, 0.2) is 0 Å². The number of nitrogens with zero attached hydrogens (tertiary/aromatic N) is 2. The molecule has 3 N–H and O–H groups in total. The molecule has 1 heterocycles. The number of carbonyl (C=O) groups excluding carboxylic acids is 2. The molecule has 0 atom stereocenters. The van der Waals surface area contributed by atoms with Gasteiger partial charge in [-0.2, -0.15) is 0 Å². The summed E-state index contributed by atoms with van der Waals surface area (Å²) in [5.41, 5.74) is 5.26. The molecule has 7 heteroatoms. The third-order valence-corrected chi connectivity index (χ3v) is 2.78. The van der Waals surface area contributed by atoms with E-state index in [0.29, 0.717) is 5.92 Å². The van der Waals surface area contributed by atoms with E-state index in [1.165, 1.54) is 25.5 Å². The summed E-state index contributed by atoms with van der Waals surface area (Å²) in [4.78, 5) is 21.5. The van der Waals surface area contributed by atoms with Crippen LogP contribution in [0.15, 0.2) is 6.20 Å². The Balaban J connectivity index is 0.00000128. The van der Waals surface area contributed by atoms with Crippen LogP contribution in [0, 0.1) is 5.92 Å². The van der Waals surface area contributed by atoms with Crippen molar-refractivity contribution < 1.29 is 66.4 Å². The average molecular weight is 262 g/mol. The van der Waals surface area contributed by atoms with Gasteiger partial charge in [0.1, 0.15) is 0 Å². The molecule has 0 unspecified atom stereocenters. The van der Waals surface area contributed by atoms with Crippen molar-refractivity contribution in [1.82, 2.24) is 9.78 Å². The molecule has 1 saturated carbocycles. The molecule has 0 aromatic carbocycles. The summed E-state index contributed by atoms with van der Waals surface area (Å²) >= 11 is 0. The van der Waals surface area contributed by atoms with Crippen LogP contribution < -0.4 is 57.1 Å². The van der Waals surface area contributed by atoms with Crippen molar-refractivity contribution >= 4 is 12.2 Å². The van der Waals surface area contributed by atoms with E-state index in [1.54, 1.807) is 11.0 Å². The quantitative estimate of drug-likeness (QED) is 0.463. The maximum Gasteiger partial charge on any atom is 1.00 e. The summed E-state index contributed by atoms with van der Waals surface area (Å²) in [5.74, 6) is -0.0640. The van der Waals surface area contributed by atoms with E-state index in [4.69, 9.17) is 5.73 Å². The molecular formula is C10H13KN3O3-. The Labute approximate surface area is 142 Å². The largest absolute Gasteiger partial charge is 1.00 e. The van der Waals surface area contributed by atoms with Crippen LogP contribution in [0.4, 0.5) is 0 Å². The Morgan fingerprint density at radius 1 is 1.59 bits per heavy atom. The Bertz CT molecular complexity index is 402. The molecule has 0 spiro atoms. The van der Waals surface area contributed by atoms with Gasteiger partial charge in [0.2, 0.25) is 5.91 Å². The van der Waals surface area contributed by atoms with Crippen molar-refractivity contribution in [2.24, 2.45) is 11.7 Å². The van der Waals surface area contributed by atoms with Crippen LogP contribution >= 0.6 is 0 Å². The van der Waals surface area contributed by atoms with Crippen LogP contribution in [0.3, 0.4) is 0 Å². The Kier molecular flexibility index (Phi) is 7.37. The Morgan fingerprint density at radius 3 is 2.59 bits per heavy atom. The number of aromatic nitrogens is 2. The monoisotopic (exact) mass is 262 g/mol. The van der Waals surface area contributed by atoms with E-state index < -0.39 is 5.91 Å². The minimum absolute atomic E-state index is 0. The molecule has 0 aliphatic heterocycles. The number of hydrogen-bond acceptors (Lipinski definition) is 4. The van der Waals surface area contributed by atoms with Crippen LogP contribution in [-0.4, -0.2) is 27.5 Å². The minimum atomic E-state index is -0.680. The van der Waals surface area contributed by atoms with Gasteiger partial charge < -0.3 is 20.7 Å². The molecule has 1 aliphatic rings. The summed E-state index contributed by atoms with van der Waals surface area (Å²) < 4.78 is 1.62. The first-order chi connectivity index (χ1) is 7.20. The normalized spacial score (nSPS) is 14.1. The van der Waals surface area contributed by atoms with Gasteiger partial charge in [-0.15, -0.1) is 5.56 Å². The van der Waals surface area contributed by atoms with Crippen molar-refractivity contribution in [3.63, 3.8) is 0 Å². The predicted molar refractivity (Wildman–Crippen MR) is 54.8 cm³/mol. The molecule has 1 fully saturated rings. The third kappa shape index (κ3) is 3.97. The first kappa shape index (κ1) is 16.9. The van der Waals surface area contributed by atoms with Gasteiger partial charge >= 0.3 is 51.4 Å². The Morgan fingerprint density at radius 2 is 2.24 bits per heavy atom. The second-order valence-electron chi connectivity index (χ2n) is 3.88. The van der Waals surface area contributed by atoms with Crippen LogP contribution in [-0.2, 0) is 11.3 Å². The maximum atomic E-state index is 10.9. The summed E-state index contributed by atoms with van der Waals surface area (Å²) in [6.07, 6.45) is 6.83. The van der Waals surface area contributed by atoms with Gasteiger partial charge in [-0.3, -0.25) is 4.79 Å². The van der Waals surface area contributed by atoms with Crippen molar-refractivity contribution in [3.8, 4) is 0 Å². The van der Waals surface area contributed by atoms with Gasteiger partial charge in [-0.25, -0.2) is 5.10 Å². The van der Waals surface area contributed by atoms with Crippen LogP contribution in [0.5, 0.6) is 0 Å². The zero-order chi connectivity index (χ0) is 10.8. The molecule has 1 amide bonds. The molecule has 0 saturated heterocycles. The van der Waals surface area contributed by atoms with Gasteiger partial charge in [0.05, 0.1) is 6.29 Å². The van der Waals surface area contributed by atoms with Gasteiger partial charge in [-0.05, 0) is 18.8 Å². The van der Waals surface area contributed by atoms with E-state index >= 15 is 0 Å². The number of nitrogens with two attached hydrogens (primary N) is 1. The van der Waals surface area contributed by atoms with Gasteiger partial charge in [0.25, 0.3) is 0 Å². The van der Waals surface area contributed by atoms with Crippen LogP contribution in [0.1, 0.15) is 35.3 Å². The molecule has 17 heavy (non-hydrogen) atoms. The number of amides is 1. The number of rotatable bonds is 4. The van der Waals surface area contributed by atoms with Gasteiger partial charge in [0, 0.05) is 12.2 Å². The fourth-order valence-electron chi connectivity index (χ4n) is 1.71. The van der Waals surface area contributed by atoms with Crippen molar-refractivity contribution in [3.05, 3.63) is 17.5 Å². The molecular weight excluding hydrogens is 249 g/mol. The van der Waals surface area contributed by atoms with Crippen LogP contribution in [0.25, 0.3) is 0 Å². The molecule has 88 valence electrons. The second-order valence-corrected chi connectivity index (χ2v) is 3.88. The van der Waals surface area contributed by atoms with E-state index in [2.05, 4.69) is 5.10 Å². The maximum absolute atomic E-state index is 10.9. The van der Waals surface area contributed by atoms with Crippen molar-refractivity contribution in [2.75, 3.05) is 0 Å². The third-order valence-electron chi connectivity index (χ3n) is 2.78. The van der Waals surface area contributed by atoms with Crippen molar-refractivity contribution in [2.45, 2.75) is 25.8 Å². The zero-order valence-electron chi connectivity index (χ0n) is 9.72. The molecule has 0 radical (unpaired) electrons. The summed E-state index contributed by atoms with van der Waals surface area (Å²) in [5, 5.41) is 3.98. The van der Waals surface area contributed by atoms with E-state index in [9.17, 15) is 9.59 Å². The number of carbonyl (C=O) groups is 1. The Hall–Kier alpha value is -0.0536. The first-order valence-electron chi connectivity index (χ1n) is 4.96. The minimum Gasteiger partial charge on any atom is -0.870 e. The van der Waals surface area contributed by atoms with Gasteiger partial charge in [-0.1, -0.05) is 12.6 Å². The van der Waals surface area contributed by atoms with E-state index in [-0.39, 0.29) is 68.1 Å². The summed E-state index contributed by atoms with van der Waals surface area (Å²) in [7, 11) is 0. The SMILES string of the molecule is NC(=O)c1nn(CC2CCC2)cc1[C-]=O.[K+].[OH-]. The molecule has 1 aliphatic carbocycles.